The molecule has 1 aromatic rings. The third-order valence-electron chi connectivity index (χ3n) is 0.800. The SMILES string of the molecule is Nc1ccccc1.[NaH]. The fourth-order valence-electron chi connectivity index (χ4n) is 0.453. The van der Waals surface area contributed by atoms with Crippen LogP contribution in [0.5, 0.6) is 0 Å². The Morgan fingerprint density at radius 2 is 1.50 bits per heavy atom. The molecule has 0 fully saturated rings. The van der Waals surface area contributed by atoms with Crippen molar-refractivity contribution in [3.63, 3.8) is 0 Å². The molecule has 0 saturated carbocycles. The van der Waals surface area contributed by atoms with Crippen LogP contribution in [-0.4, -0.2) is 29.6 Å². The molecule has 0 radical (unpaired) electrons. The predicted molar refractivity (Wildman–Crippen MR) is 38.0 cm³/mol. The fraction of sp³-hybridized carbons (Fsp3) is 0. The summed E-state index contributed by atoms with van der Waals surface area (Å²) in [5.41, 5.74) is 6.18. The van der Waals surface area contributed by atoms with Crippen molar-refractivity contribution in [3.05, 3.63) is 30.3 Å². The van der Waals surface area contributed by atoms with Gasteiger partial charge in [0.05, 0.1) is 0 Å². The van der Waals surface area contributed by atoms with Crippen molar-refractivity contribution in [1.29, 1.82) is 0 Å². The monoisotopic (exact) mass is 117 g/mol. The second-order valence-corrected chi connectivity index (χ2v) is 1.41. The third-order valence-corrected chi connectivity index (χ3v) is 0.800. The summed E-state index contributed by atoms with van der Waals surface area (Å²) in [5.74, 6) is 0. The molecule has 0 spiro atoms. The average Bonchev–Trinajstić information content (AvgIpc) is 1.69. The van der Waals surface area contributed by atoms with Crippen molar-refractivity contribution >= 4 is 35.2 Å². The van der Waals surface area contributed by atoms with Crippen molar-refractivity contribution in [3.8, 4) is 0 Å². The molecule has 0 amide bonds. The number of nitrogens with two attached hydrogens (primary N) is 1. The van der Waals surface area contributed by atoms with E-state index in [0.29, 0.717) is 0 Å². The van der Waals surface area contributed by atoms with Gasteiger partial charge in [0.1, 0.15) is 0 Å². The van der Waals surface area contributed by atoms with Gasteiger partial charge in [-0.05, 0) is 12.1 Å². The topological polar surface area (TPSA) is 26.0 Å². The molecule has 1 nitrogen and oxygen atoms in total. The molecule has 0 aliphatic carbocycles. The Hall–Kier alpha value is 0.0200. The van der Waals surface area contributed by atoms with Gasteiger partial charge < -0.3 is 5.73 Å². The molecule has 0 aromatic heterocycles. The normalized spacial score (nSPS) is 7.50. The summed E-state index contributed by atoms with van der Waals surface area (Å²) in [4.78, 5) is 0. The molecular formula is C6H8NNa. The van der Waals surface area contributed by atoms with Crippen LogP contribution in [0.15, 0.2) is 30.3 Å². The van der Waals surface area contributed by atoms with Gasteiger partial charge in [-0.15, -0.1) is 0 Å². The molecule has 1 rings (SSSR count). The second-order valence-electron chi connectivity index (χ2n) is 1.41. The summed E-state index contributed by atoms with van der Waals surface area (Å²) in [6.45, 7) is 0. The van der Waals surface area contributed by atoms with Crippen LogP contribution in [0.1, 0.15) is 0 Å². The first-order valence-corrected chi connectivity index (χ1v) is 2.20. The number of hydrogen-bond donors (Lipinski definition) is 1. The van der Waals surface area contributed by atoms with Gasteiger partial charge in [-0.1, -0.05) is 18.2 Å². The Labute approximate surface area is 71.2 Å². The van der Waals surface area contributed by atoms with E-state index < -0.39 is 0 Å². The number of hydrogen-bond acceptors (Lipinski definition) is 1. The average molecular weight is 117 g/mol. The molecule has 0 bridgehead atoms. The van der Waals surface area contributed by atoms with E-state index in [-0.39, 0.29) is 29.6 Å². The van der Waals surface area contributed by atoms with Crippen LogP contribution in [0.3, 0.4) is 0 Å². The molecule has 0 heterocycles. The molecule has 1 aromatic carbocycles. The van der Waals surface area contributed by atoms with Gasteiger partial charge in [0.25, 0.3) is 0 Å². The van der Waals surface area contributed by atoms with Gasteiger partial charge in [-0.2, -0.15) is 0 Å². The van der Waals surface area contributed by atoms with Crippen molar-refractivity contribution in [2.24, 2.45) is 0 Å². The van der Waals surface area contributed by atoms with Crippen LogP contribution >= 0.6 is 0 Å². The Balaban J connectivity index is 0.000000490. The van der Waals surface area contributed by atoms with E-state index in [4.69, 9.17) is 5.73 Å². The van der Waals surface area contributed by atoms with Crippen LogP contribution in [0.25, 0.3) is 0 Å². The van der Waals surface area contributed by atoms with Crippen LogP contribution < -0.4 is 5.73 Å². The maximum atomic E-state index is 5.36. The van der Waals surface area contributed by atoms with E-state index in [2.05, 4.69) is 0 Å². The minimum atomic E-state index is 0. The van der Waals surface area contributed by atoms with Gasteiger partial charge >= 0.3 is 29.6 Å². The van der Waals surface area contributed by atoms with Crippen LogP contribution in [0.4, 0.5) is 5.69 Å². The van der Waals surface area contributed by atoms with Gasteiger partial charge in [0, 0.05) is 5.69 Å². The van der Waals surface area contributed by atoms with Crippen molar-refractivity contribution in [2.45, 2.75) is 0 Å². The van der Waals surface area contributed by atoms with Crippen molar-refractivity contribution in [2.75, 3.05) is 5.73 Å². The van der Waals surface area contributed by atoms with Gasteiger partial charge in [-0.3, -0.25) is 0 Å². The van der Waals surface area contributed by atoms with Crippen molar-refractivity contribution in [1.82, 2.24) is 0 Å². The number of para-hydroxylation sites is 1. The molecule has 2 heteroatoms. The van der Waals surface area contributed by atoms with E-state index in [1.54, 1.807) is 0 Å². The van der Waals surface area contributed by atoms with Gasteiger partial charge in [-0.25, -0.2) is 0 Å². The van der Waals surface area contributed by atoms with E-state index >= 15 is 0 Å². The number of anilines is 1. The second kappa shape index (κ2) is 3.96. The summed E-state index contributed by atoms with van der Waals surface area (Å²) < 4.78 is 0. The number of rotatable bonds is 0. The standard InChI is InChI=1S/C6H7N.Na.H/c7-6-4-2-1-3-5-6;;/h1-5H,7H2;;. The summed E-state index contributed by atoms with van der Waals surface area (Å²) in [5, 5.41) is 0. The van der Waals surface area contributed by atoms with Crippen molar-refractivity contribution < 1.29 is 0 Å². The Bertz CT molecular complexity index is 138. The zero-order valence-corrected chi connectivity index (χ0v) is 3.96. The Morgan fingerprint density at radius 1 is 1.00 bits per heavy atom. The molecule has 38 valence electrons. The summed E-state index contributed by atoms with van der Waals surface area (Å²) in [7, 11) is 0. The summed E-state index contributed by atoms with van der Waals surface area (Å²) in [6, 6.07) is 9.49. The van der Waals surface area contributed by atoms with Gasteiger partial charge in [0.2, 0.25) is 0 Å². The quantitative estimate of drug-likeness (QED) is 0.391. The fourth-order valence-corrected chi connectivity index (χ4v) is 0.453. The summed E-state index contributed by atoms with van der Waals surface area (Å²) in [6.07, 6.45) is 0. The zero-order chi connectivity index (χ0) is 5.11. The molecule has 8 heavy (non-hydrogen) atoms. The van der Waals surface area contributed by atoms with Crippen LogP contribution in [-0.2, 0) is 0 Å². The van der Waals surface area contributed by atoms with Gasteiger partial charge in [0.15, 0.2) is 0 Å². The molecule has 0 aliphatic rings. The number of benzene rings is 1. The van der Waals surface area contributed by atoms with E-state index in [0.717, 1.165) is 5.69 Å². The summed E-state index contributed by atoms with van der Waals surface area (Å²) >= 11 is 0. The predicted octanol–water partition coefficient (Wildman–Crippen LogP) is 0.620. The van der Waals surface area contributed by atoms with E-state index in [1.807, 2.05) is 30.3 Å². The maximum absolute atomic E-state index is 5.36. The molecule has 0 saturated heterocycles. The first-order chi connectivity index (χ1) is 3.39. The molecule has 0 atom stereocenters. The van der Waals surface area contributed by atoms with Crippen LogP contribution in [0, 0.1) is 0 Å². The van der Waals surface area contributed by atoms with E-state index in [1.165, 1.54) is 0 Å². The Morgan fingerprint density at radius 3 is 1.75 bits per heavy atom. The molecule has 0 aliphatic heterocycles. The van der Waals surface area contributed by atoms with Crippen LogP contribution in [0.2, 0.25) is 0 Å². The molecular weight excluding hydrogens is 109 g/mol. The van der Waals surface area contributed by atoms with E-state index in [9.17, 15) is 0 Å². The first kappa shape index (κ1) is 8.02. The first-order valence-electron chi connectivity index (χ1n) is 2.20. The molecule has 0 unspecified atom stereocenters. The third kappa shape index (κ3) is 2.36. The number of nitrogen functional groups attached to an aromatic ring is 1. The minimum absolute atomic E-state index is 0. The zero-order valence-electron chi connectivity index (χ0n) is 3.96. The Kier molecular flexibility index (Phi) is 3.97. The molecule has 2 N–H and O–H groups in total.